The molecule has 1 fully saturated rings. The third-order valence-corrected chi connectivity index (χ3v) is 3.52. The van der Waals surface area contributed by atoms with Crippen LogP contribution in [-0.4, -0.2) is 35.0 Å². The predicted molar refractivity (Wildman–Crippen MR) is 85.1 cm³/mol. The second-order valence-corrected chi connectivity index (χ2v) is 5.35. The molecule has 0 unspecified atom stereocenters. The molecule has 2 aromatic rings. The molecular weight excluding hydrogens is 294 g/mol. The van der Waals surface area contributed by atoms with Crippen LogP contribution in [0.4, 0.5) is 10.5 Å². The van der Waals surface area contributed by atoms with Crippen molar-refractivity contribution < 1.29 is 14.3 Å². The molecule has 1 aromatic heterocycles. The first-order chi connectivity index (χ1) is 11.1. The Labute approximate surface area is 134 Å². The third-order valence-electron chi connectivity index (χ3n) is 3.52. The number of carbonyl (C=O) groups excluding carboxylic acids is 2. The van der Waals surface area contributed by atoms with Crippen LogP contribution in [0.2, 0.25) is 0 Å². The van der Waals surface area contributed by atoms with Crippen molar-refractivity contribution in [2.75, 3.05) is 18.5 Å². The molecule has 0 atom stereocenters. The molecule has 23 heavy (non-hydrogen) atoms. The summed E-state index contributed by atoms with van der Waals surface area (Å²) in [5, 5.41) is 2.83. The van der Waals surface area contributed by atoms with E-state index in [1.54, 1.807) is 23.1 Å². The van der Waals surface area contributed by atoms with Gasteiger partial charge in [0.25, 0.3) is 5.91 Å². The van der Waals surface area contributed by atoms with E-state index in [2.05, 4.69) is 10.3 Å². The minimum absolute atomic E-state index is 0.258. The van der Waals surface area contributed by atoms with Gasteiger partial charge in [-0.2, -0.15) is 0 Å². The molecule has 1 aliphatic heterocycles. The van der Waals surface area contributed by atoms with E-state index in [1.807, 2.05) is 31.2 Å². The molecule has 6 nitrogen and oxygen atoms in total. The zero-order valence-corrected chi connectivity index (χ0v) is 12.8. The Morgan fingerprint density at radius 3 is 2.87 bits per heavy atom. The van der Waals surface area contributed by atoms with Gasteiger partial charge in [0, 0.05) is 17.9 Å². The number of hydrogen-bond donors (Lipinski definition) is 1. The molecule has 2 heterocycles. The van der Waals surface area contributed by atoms with E-state index in [1.165, 1.54) is 0 Å². The number of nitrogens with one attached hydrogen (secondary N) is 1. The molecule has 1 aromatic carbocycles. The van der Waals surface area contributed by atoms with Gasteiger partial charge in [-0.15, -0.1) is 0 Å². The van der Waals surface area contributed by atoms with Gasteiger partial charge in [-0.1, -0.05) is 18.2 Å². The Hall–Kier alpha value is -2.89. The van der Waals surface area contributed by atoms with Gasteiger partial charge in [0.1, 0.15) is 12.3 Å². The van der Waals surface area contributed by atoms with Crippen molar-refractivity contribution >= 4 is 17.7 Å². The second-order valence-electron chi connectivity index (χ2n) is 5.35. The Balaban J connectivity index is 1.70. The number of cyclic esters (lactones) is 1. The van der Waals surface area contributed by atoms with E-state index in [0.717, 1.165) is 11.3 Å². The number of anilines is 1. The highest BCUT2D eigenvalue weighted by molar-refractivity contribution is 6.02. The monoisotopic (exact) mass is 311 g/mol. The summed E-state index contributed by atoms with van der Waals surface area (Å²) in [6.07, 6.45) is -0.302. The lowest BCUT2D eigenvalue weighted by Crippen LogP contribution is -2.23. The molecule has 1 aliphatic rings. The summed E-state index contributed by atoms with van der Waals surface area (Å²) in [5.74, 6) is -0.258. The molecule has 0 spiro atoms. The first kappa shape index (κ1) is 15.0. The van der Waals surface area contributed by atoms with E-state index in [9.17, 15) is 9.59 Å². The zero-order chi connectivity index (χ0) is 16.2. The number of nitrogens with zero attached hydrogens (tertiary/aromatic N) is 2. The number of aromatic nitrogens is 1. The van der Waals surface area contributed by atoms with Crippen LogP contribution in [0.15, 0.2) is 42.5 Å². The third kappa shape index (κ3) is 3.66. The minimum Gasteiger partial charge on any atom is -0.448 e. The highest BCUT2D eigenvalue weighted by Gasteiger charge is 2.21. The SMILES string of the molecule is Cc1cccc(C(=O)Nc2cccc(CN3CCOC3=O)c2)n1. The first-order valence-corrected chi connectivity index (χ1v) is 7.37. The van der Waals surface area contributed by atoms with E-state index < -0.39 is 0 Å². The predicted octanol–water partition coefficient (Wildman–Crippen LogP) is 2.59. The van der Waals surface area contributed by atoms with Crippen LogP contribution in [-0.2, 0) is 11.3 Å². The fourth-order valence-electron chi connectivity index (χ4n) is 2.40. The number of amides is 2. The average Bonchev–Trinajstić information content (AvgIpc) is 2.93. The minimum atomic E-state index is -0.302. The summed E-state index contributed by atoms with van der Waals surface area (Å²) in [7, 11) is 0. The van der Waals surface area contributed by atoms with Crippen LogP contribution in [0.5, 0.6) is 0 Å². The number of rotatable bonds is 4. The van der Waals surface area contributed by atoms with Crippen LogP contribution in [0.1, 0.15) is 21.7 Å². The molecular formula is C17H17N3O3. The van der Waals surface area contributed by atoms with Crippen molar-refractivity contribution in [1.29, 1.82) is 0 Å². The second kappa shape index (κ2) is 6.48. The molecule has 0 saturated carbocycles. The zero-order valence-electron chi connectivity index (χ0n) is 12.8. The molecule has 0 bridgehead atoms. The Kier molecular flexibility index (Phi) is 4.23. The van der Waals surface area contributed by atoms with Crippen LogP contribution in [0, 0.1) is 6.92 Å². The molecule has 1 N–H and O–H groups in total. The maximum Gasteiger partial charge on any atom is 0.410 e. The van der Waals surface area contributed by atoms with Crippen molar-refractivity contribution in [3.05, 3.63) is 59.4 Å². The van der Waals surface area contributed by atoms with Crippen LogP contribution >= 0.6 is 0 Å². The lowest BCUT2D eigenvalue weighted by atomic mass is 10.2. The number of aryl methyl sites for hydroxylation is 1. The largest absolute Gasteiger partial charge is 0.448 e. The van der Waals surface area contributed by atoms with Crippen molar-refractivity contribution in [3.8, 4) is 0 Å². The Morgan fingerprint density at radius 2 is 2.13 bits per heavy atom. The fourth-order valence-corrected chi connectivity index (χ4v) is 2.40. The molecule has 0 aliphatic carbocycles. The highest BCUT2D eigenvalue weighted by atomic mass is 16.6. The van der Waals surface area contributed by atoms with E-state index in [0.29, 0.717) is 31.1 Å². The van der Waals surface area contributed by atoms with E-state index in [4.69, 9.17) is 4.74 Å². The highest BCUT2D eigenvalue weighted by Crippen LogP contribution is 2.16. The van der Waals surface area contributed by atoms with Gasteiger partial charge in [0.2, 0.25) is 0 Å². The molecule has 1 saturated heterocycles. The average molecular weight is 311 g/mol. The van der Waals surface area contributed by atoms with Gasteiger partial charge < -0.3 is 15.0 Å². The summed E-state index contributed by atoms with van der Waals surface area (Å²) in [5.41, 5.74) is 2.76. The van der Waals surface area contributed by atoms with Crippen LogP contribution in [0.25, 0.3) is 0 Å². The Bertz CT molecular complexity index is 745. The molecule has 6 heteroatoms. The summed E-state index contributed by atoms with van der Waals surface area (Å²) >= 11 is 0. The topological polar surface area (TPSA) is 71.5 Å². The molecule has 2 amide bonds. The molecule has 118 valence electrons. The van der Waals surface area contributed by atoms with Crippen LogP contribution < -0.4 is 5.32 Å². The summed E-state index contributed by atoms with van der Waals surface area (Å²) < 4.78 is 4.91. The van der Waals surface area contributed by atoms with Crippen molar-refractivity contribution in [2.45, 2.75) is 13.5 Å². The summed E-state index contributed by atoms with van der Waals surface area (Å²) in [6, 6.07) is 12.7. The number of ether oxygens (including phenoxy) is 1. The van der Waals surface area contributed by atoms with Crippen molar-refractivity contribution in [1.82, 2.24) is 9.88 Å². The Morgan fingerprint density at radius 1 is 1.30 bits per heavy atom. The summed E-state index contributed by atoms with van der Waals surface area (Å²) in [6.45, 7) is 3.31. The normalized spacial score (nSPS) is 13.8. The van der Waals surface area contributed by atoms with Gasteiger partial charge in [0.15, 0.2) is 0 Å². The van der Waals surface area contributed by atoms with E-state index in [-0.39, 0.29) is 12.0 Å². The number of pyridine rings is 1. The number of hydrogen-bond acceptors (Lipinski definition) is 4. The van der Waals surface area contributed by atoms with Crippen LogP contribution in [0.3, 0.4) is 0 Å². The number of carbonyl (C=O) groups is 2. The summed E-state index contributed by atoms with van der Waals surface area (Å²) in [4.78, 5) is 29.5. The quantitative estimate of drug-likeness (QED) is 0.942. The number of benzene rings is 1. The first-order valence-electron chi connectivity index (χ1n) is 7.37. The van der Waals surface area contributed by atoms with Crippen molar-refractivity contribution in [3.63, 3.8) is 0 Å². The lowest BCUT2D eigenvalue weighted by molar-refractivity contribution is 0.102. The standard InChI is InChI=1S/C17H17N3O3/c1-12-4-2-7-15(18-12)16(21)19-14-6-3-5-13(10-14)11-20-8-9-23-17(20)22/h2-7,10H,8-9,11H2,1H3,(H,19,21). The smallest absolute Gasteiger partial charge is 0.410 e. The van der Waals surface area contributed by atoms with Gasteiger partial charge >= 0.3 is 6.09 Å². The molecule has 3 rings (SSSR count). The molecule has 0 radical (unpaired) electrons. The lowest BCUT2D eigenvalue weighted by Gasteiger charge is -2.13. The fraction of sp³-hybridized carbons (Fsp3) is 0.235. The van der Waals surface area contributed by atoms with Gasteiger partial charge in [-0.25, -0.2) is 9.78 Å². The van der Waals surface area contributed by atoms with Gasteiger partial charge in [-0.3, -0.25) is 4.79 Å². The van der Waals surface area contributed by atoms with Gasteiger partial charge in [-0.05, 0) is 36.8 Å². The maximum absolute atomic E-state index is 12.2. The maximum atomic E-state index is 12.2. The van der Waals surface area contributed by atoms with Gasteiger partial charge in [0.05, 0.1) is 6.54 Å². The van der Waals surface area contributed by atoms with E-state index >= 15 is 0 Å². The van der Waals surface area contributed by atoms with Crippen molar-refractivity contribution in [2.24, 2.45) is 0 Å².